The molecule has 1 aromatic rings. The number of aliphatic imine (C=N–C) groups is 1. The Balaban J connectivity index is 0.00000204. The fraction of sp³-hybridized carbons (Fsp3) is 0.292. The van der Waals surface area contributed by atoms with Crippen molar-refractivity contribution in [1.29, 1.82) is 0 Å². The van der Waals surface area contributed by atoms with E-state index in [2.05, 4.69) is 84.2 Å². The summed E-state index contributed by atoms with van der Waals surface area (Å²) in [6.45, 7) is 19.3. The molecule has 29 heavy (non-hydrogen) atoms. The van der Waals surface area contributed by atoms with Crippen LogP contribution in [0.15, 0.2) is 85.0 Å². The zero-order valence-corrected chi connectivity index (χ0v) is 17.9. The highest BCUT2D eigenvalue weighted by Gasteiger charge is 2.12. The summed E-state index contributed by atoms with van der Waals surface area (Å²) in [6.07, 6.45) is 8.17. The van der Waals surface area contributed by atoms with Crippen LogP contribution in [0.5, 0.6) is 0 Å². The van der Waals surface area contributed by atoms with Gasteiger partial charge in [0.25, 0.3) is 0 Å². The number of nitrogens with zero attached hydrogens (tertiary/aromatic N) is 1. The van der Waals surface area contributed by atoms with Crippen molar-refractivity contribution in [2.24, 2.45) is 10.7 Å². The topological polar surface area (TPSA) is 74.5 Å². The van der Waals surface area contributed by atoms with Gasteiger partial charge in [-0.2, -0.15) is 0 Å². The van der Waals surface area contributed by atoms with Gasteiger partial charge in [-0.3, -0.25) is 4.99 Å². The Bertz CT molecular complexity index is 786. The largest absolute Gasteiger partial charge is 0.381 e. The fourth-order valence-corrected chi connectivity index (χ4v) is 2.97. The molecule has 0 bridgehead atoms. The summed E-state index contributed by atoms with van der Waals surface area (Å²) in [5.74, 6) is 0. The molecule has 5 N–H and O–H groups in total. The monoisotopic (exact) mass is 393 g/mol. The number of fused-ring (bicyclic) bond motifs is 1. The van der Waals surface area contributed by atoms with E-state index < -0.39 is 0 Å². The van der Waals surface area contributed by atoms with Gasteiger partial charge in [-0.05, 0) is 49.7 Å². The summed E-state index contributed by atoms with van der Waals surface area (Å²) in [6, 6.07) is 6.55. The van der Waals surface area contributed by atoms with E-state index in [0.29, 0.717) is 6.54 Å². The SMILES string of the molecule is C=CN=C(C(=C)NCc1ccc2c(c1)NCC(=C)CC2)C(=CCC)NC=C.CN. The van der Waals surface area contributed by atoms with Crippen LogP contribution in [0.1, 0.15) is 30.9 Å². The first-order chi connectivity index (χ1) is 14.1. The molecule has 0 amide bonds. The van der Waals surface area contributed by atoms with Crippen molar-refractivity contribution in [3.05, 3.63) is 91.1 Å². The molecule has 1 aliphatic rings. The van der Waals surface area contributed by atoms with E-state index in [1.54, 1.807) is 6.20 Å². The lowest BCUT2D eigenvalue weighted by molar-refractivity contribution is 0.843. The van der Waals surface area contributed by atoms with Gasteiger partial charge in [-0.15, -0.1) is 0 Å². The van der Waals surface area contributed by atoms with Crippen molar-refractivity contribution >= 4 is 11.4 Å². The van der Waals surface area contributed by atoms with Gasteiger partial charge in [0, 0.05) is 25.0 Å². The van der Waals surface area contributed by atoms with Crippen molar-refractivity contribution in [2.75, 3.05) is 18.9 Å². The average Bonchev–Trinajstić information content (AvgIpc) is 2.93. The quantitative estimate of drug-likeness (QED) is 0.371. The number of aryl methyl sites for hydroxylation is 1. The molecule has 1 aliphatic heterocycles. The number of rotatable bonds is 9. The van der Waals surface area contributed by atoms with Crippen LogP contribution in [0, 0.1) is 0 Å². The number of nitrogens with two attached hydrogens (primary N) is 1. The smallest absolute Gasteiger partial charge is 0.109 e. The van der Waals surface area contributed by atoms with Crippen molar-refractivity contribution in [2.45, 2.75) is 32.7 Å². The van der Waals surface area contributed by atoms with Gasteiger partial charge < -0.3 is 21.7 Å². The summed E-state index contributed by atoms with van der Waals surface area (Å²) in [7, 11) is 1.50. The maximum absolute atomic E-state index is 4.50. The van der Waals surface area contributed by atoms with E-state index in [1.807, 2.05) is 0 Å². The first kappa shape index (κ1) is 24.0. The number of benzene rings is 1. The summed E-state index contributed by atoms with van der Waals surface area (Å²) < 4.78 is 0. The third-order valence-electron chi connectivity index (χ3n) is 4.38. The van der Waals surface area contributed by atoms with Crippen molar-refractivity contribution in [3.8, 4) is 0 Å². The van der Waals surface area contributed by atoms with Crippen LogP contribution < -0.4 is 21.7 Å². The Morgan fingerprint density at radius 2 is 2.03 bits per heavy atom. The van der Waals surface area contributed by atoms with E-state index in [-0.39, 0.29) is 0 Å². The summed E-state index contributed by atoms with van der Waals surface area (Å²) >= 11 is 0. The number of hydrogen-bond donors (Lipinski definition) is 4. The predicted octanol–water partition coefficient (Wildman–Crippen LogP) is 4.39. The van der Waals surface area contributed by atoms with Crippen molar-refractivity contribution in [1.82, 2.24) is 10.6 Å². The molecule has 2 rings (SSSR count). The Labute approximate surface area is 175 Å². The van der Waals surface area contributed by atoms with Gasteiger partial charge in [0.05, 0.1) is 11.4 Å². The molecule has 0 aromatic heterocycles. The molecule has 0 atom stereocenters. The lowest BCUT2D eigenvalue weighted by Crippen LogP contribution is -2.25. The highest BCUT2D eigenvalue weighted by Crippen LogP contribution is 2.24. The number of allylic oxidation sites excluding steroid dienone is 1. The van der Waals surface area contributed by atoms with Crippen LogP contribution in [-0.2, 0) is 13.0 Å². The first-order valence-electron chi connectivity index (χ1n) is 9.88. The Kier molecular flexibility index (Phi) is 10.9. The van der Waals surface area contributed by atoms with Gasteiger partial charge >= 0.3 is 0 Å². The van der Waals surface area contributed by atoms with Gasteiger partial charge in [0.2, 0.25) is 0 Å². The minimum absolute atomic E-state index is 0.665. The number of anilines is 1. The number of nitrogens with one attached hydrogen (secondary N) is 3. The van der Waals surface area contributed by atoms with E-state index in [1.165, 1.54) is 35.6 Å². The maximum atomic E-state index is 4.50. The summed E-state index contributed by atoms with van der Waals surface area (Å²) in [5.41, 5.74) is 11.8. The van der Waals surface area contributed by atoms with E-state index >= 15 is 0 Å². The van der Waals surface area contributed by atoms with Gasteiger partial charge in [-0.1, -0.05) is 57.0 Å². The summed E-state index contributed by atoms with van der Waals surface area (Å²) in [4.78, 5) is 4.38. The van der Waals surface area contributed by atoms with Crippen LogP contribution in [0.2, 0.25) is 0 Å². The molecule has 0 aliphatic carbocycles. The minimum Gasteiger partial charge on any atom is -0.381 e. The molecule has 0 saturated heterocycles. The molecule has 5 nitrogen and oxygen atoms in total. The van der Waals surface area contributed by atoms with Crippen molar-refractivity contribution in [3.63, 3.8) is 0 Å². The standard InChI is InChI=1S/C23H30N4.CH5N/c1-6-9-21(24-7-2)23(25-8-3)18(5)26-16-19-11-13-20-12-10-17(4)15-27-22(20)14-19;1-2/h7-9,11,13-14,24,26-27H,2-6,10,12,15-16H2,1H3;2H2,1H3. The molecule has 0 unspecified atom stereocenters. The minimum atomic E-state index is 0.665. The van der Waals surface area contributed by atoms with E-state index in [9.17, 15) is 0 Å². The normalized spacial score (nSPS) is 13.7. The molecule has 156 valence electrons. The van der Waals surface area contributed by atoms with Gasteiger partial charge in [0.15, 0.2) is 0 Å². The third-order valence-corrected chi connectivity index (χ3v) is 4.38. The second kappa shape index (κ2) is 13.2. The molecular formula is C24H35N5. The zero-order valence-electron chi connectivity index (χ0n) is 17.9. The van der Waals surface area contributed by atoms with Gasteiger partial charge in [0.1, 0.15) is 5.71 Å². The van der Waals surface area contributed by atoms with Crippen LogP contribution in [0.3, 0.4) is 0 Å². The lowest BCUT2D eigenvalue weighted by Gasteiger charge is -2.16. The van der Waals surface area contributed by atoms with Crippen LogP contribution in [-0.4, -0.2) is 19.3 Å². The maximum Gasteiger partial charge on any atom is 0.109 e. The molecule has 1 aromatic carbocycles. The molecule has 0 fully saturated rings. The van der Waals surface area contributed by atoms with Crippen LogP contribution >= 0.6 is 0 Å². The first-order valence-corrected chi connectivity index (χ1v) is 9.88. The zero-order chi connectivity index (χ0) is 21.6. The number of hydrogen-bond acceptors (Lipinski definition) is 5. The molecule has 5 heteroatoms. The second-order valence-electron chi connectivity index (χ2n) is 6.46. The van der Waals surface area contributed by atoms with E-state index in [4.69, 9.17) is 0 Å². The highest BCUT2D eigenvalue weighted by molar-refractivity contribution is 6.11. The molecule has 1 heterocycles. The fourth-order valence-electron chi connectivity index (χ4n) is 2.97. The van der Waals surface area contributed by atoms with Crippen LogP contribution in [0.4, 0.5) is 5.69 Å². The summed E-state index contributed by atoms with van der Waals surface area (Å²) in [5, 5.41) is 9.99. The third kappa shape index (κ3) is 7.47. The highest BCUT2D eigenvalue weighted by atomic mass is 15.0. The Hall–Kier alpha value is -3.05. The average molecular weight is 394 g/mol. The predicted molar refractivity (Wildman–Crippen MR) is 128 cm³/mol. The van der Waals surface area contributed by atoms with Crippen molar-refractivity contribution < 1.29 is 0 Å². The lowest BCUT2D eigenvalue weighted by atomic mass is 10.0. The van der Waals surface area contributed by atoms with E-state index in [0.717, 1.165) is 42.9 Å². The second-order valence-corrected chi connectivity index (χ2v) is 6.46. The van der Waals surface area contributed by atoms with Gasteiger partial charge in [-0.25, -0.2) is 0 Å². The molecular weight excluding hydrogens is 358 g/mol. The Morgan fingerprint density at radius 1 is 1.28 bits per heavy atom. The molecule has 0 saturated carbocycles. The van der Waals surface area contributed by atoms with Crippen LogP contribution in [0.25, 0.3) is 0 Å². The Morgan fingerprint density at radius 3 is 2.69 bits per heavy atom. The molecule has 0 radical (unpaired) electrons. The molecule has 0 spiro atoms.